The summed E-state index contributed by atoms with van der Waals surface area (Å²) >= 11 is 5.92. The number of ether oxygens (including phenoxy) is 1. The molecule has 0 aliphatic heterocycles. The van der Waals surface area contributed by atoms with Crippen molar-refractivity contribution in [1.82, 2.24) is 4.72 Å². The molecule has 1 aromatic carbocycles. The lowest BCUT2D eigenvalue weighted by atomic mass is 10.2. The molecule has 0 saturated heterocycles. The third kappa shape index (κ3) is 4.98. The minimum Gasteiger partial charge on any atom is -0.459 e. The third-order valence-corrected chi connectivity index (χ3v) is 4.69. The fourth-order valence-corrected chi connectivity index (χ4v) is 3.30. The first-order valence-electron chi connectivity index (χ1n) is 6.44. The Kier molecular flexibility index (Phi) is 5.41. The number of sulfonamides is 1. The number of hydrogen-bond acceptors (Lipinski definition) is 4. The molecule has 1 rings (SSSR count). The van der Waals surface area contributed by atoms with Crippen molar-refractivity contribution in [2.45, 2.75) is 51.2 Å². The summed E-state index contributed by atoms with van der Waals surface area (Å²) in [5.41, 5.74) is -0.244. The molecule has 0 amide bonds. The fourth-order valence-electron chi connectivity index (χ4n) is 1.61. The highest BCUT2D eigenvalue weighted by Crippen LogP contribution is 2.23. The van der Waals surface area contributed by atoms with Gasteiger partial charge in [0.15, 0.2) is 0 Å². The average Bonchev–Trinajstić information content (AvgIpc) is 2.29. The van der Waals surface area contributed by atoms with E-state index in [1.54, 1.807) is 39.8 Å². The van der Waals surface area contributed by atoms with E-state index < -0.39 is 27.6 Å². The molecule has 0 aliphatic carbocycles. The molecule has 0 unspecified atom stereocenters. The standard InChI is InChI=1S/C14H20ClNO4S/c1-9-11(15)7-6-8-12(9)21(18,19)16-10(2)13(17)20-14(3,4)5/h6-8,10,16H,1-5H3/t10-/m1/s1. The number of esters is 1. The number of hydrogen-bond donors (Lipinski definition) is 1. The molecule has 0 spiro atoms. The van der Waals surface area contributed by atoms with E-state index in [-0.39, 0.29) is 4.90 Å². The smallest absolute Gasteiger partial charge is 0.324 e. The van der Waals surface area contributed by atoms with E-state index in [4.69, 9.17) is 16.3 Å². The molecule has 0 heterocycles. The molecule has 0 aliphatic rings. The van der Waals surface area contributed by atoms with E-state index in [2.05, 4.69) is 4.72 Å². The quantitative estimate of drug-likeness (QED) is 0.860. The first-order valence-corrected chi connectivity index (χ1v) is 8.30. The van der Waals surface area contributed by atoms with Crippen LogP contribution >= 0.6 is 11.6 Å². The monoisotopic (exact) mass is 333 g/mol. The van der Waals surface area contributed by atoms with Gasteiger partial charge in [0.2, 0.25) is 10.0 Å². The summed E-state index contributed by atoms with van der Waals surface area (Å²) in [5.74, 6) is -0.634. The molecule has 5 nitrogen and oxygen atoms in total. The van der Waals surface area contributed by atoms with Gasteiger partial charge < -0.3 is 4.74 Å². The molecule has 0 saturated carbocycles. The predicted molar refractivity (Wildman–Crippen MR) is 81.8 cm³/mol. The molecular weight excluding hydrogens is 314 g/mol. The van der Waals surface area contributed by atoms with Crippen LogP contribution in [0.25, 0.3) is 0 Å². The van der Waals surface area contributed by atoms with Crippen LogP contribution in [0.3, 0.4) is 0 Å². The zero-order chi connectivity index (χ0) is 16.4. The summed E-state index contributed by atoms with van der Waals surface area (Å²) in [6.45, 7) is 8.19. The van der Waals surface area contributed by atoms with Crippen LogP contribution in [0.1, 0.15) is 33.3 Å². The van der Waals surface area contributed by atoms with Crippen LogP contribution in [-0.4, -0.2) is 26.0 Å². The second-order valence-corrected chi connectivity index (χ2v) is 7.83. The molecule has 0 aromatic heterocycles. The van der Waals surface area contributed by atoms with Crippen LogP contribution < -0.4 is 4.72 Å². The van der Waals surface area contributed by atoms with Gasteiger partial charge in [0.05, 0.1) is 4.90 Å². The molecule has 0 bridgehead atoms. The van der Waals surface area contributed by atoms with Crippen molar-refractivity contribution < 1.29 is 17.9 Å². The van der Waals surface area contributed by atoms with Crippen LogP contribution in [0.4, 0.5) is 0 Å². The van der Waals surface area contributed by atoms with Gasteiger partial charge >= 0.3 is 5.97 Å². The third-order valence-electron chi connectivity index (χ3n) is 2.60. The number of nitrogens with one attached hydrogen (secondary N) is 1. The summed E-state index contributed by atoms with van der Waals surface area (Å²) in [4.78, 5) is 11.9. The number of rotatable bonds is 4. The zero-order valence-electron chi connectivity index (χ0n) is 12.7. The molecule has 118 valence electrons. The Bertz CT molecular complexity index is 635. The zero-order valence-corrected chi connectivity index (χ0v) is 14.3. The lowest BCUT2D eigenvalue weighted by Gasteiger charge is -2.22. The van der Waals surface area contributed by atoms with E-state index in [0.717, 1.165) is 0 Å². The van der Waals surface area contributed by atoms with Gasteiger partial charge in [-0.1, -0.05) is 17.7 Å². The maximum Gasteiger partial charge on any atom is 0.324 e. The van der Waals surface area contributed by atoms with Crippen LogP contribution in [-0.2, 0) is 19.6 Å². The van der Waals surface area contributed by atoms with E-state index in [0.29, 0.717) is 10.6 Å². The number of carbonyl (C=O) groups excluding carboxylic acids is 1. The van der Waals surface area contributed by atoms with Gasteiger partial charge in [-0.15, -0.1) is 0 Å². The number of benzene rings is 1. The molecular formula is C14H20ClNO4S. The summed E-state index contributed by atoms with van der Waals surface area (Å²) in [7, 11) is -3.85. The topological polar surface area (TPSA) is 72.5 Å². The van der Waals surface area contributed by atoms with Crippen molar-refractivity contribution in [3.63, 3.8) is 0 Å². The van der Waals surface area contributed by atoms with Gasteiger partial charge in [0.1, 0.15) is 11.6 Å². The van der Waals surface area contributed by atoms with Crippen molar-refractivity contribution in [3.05, 3.63) is 28.8 Å². The Morgan fingerprint density at radius 1 is 1.33 bits per heavy atom. The minimum atomic E-state index is -3.85. The van der Waals surface area contributed by atoms with Crippen LogP contribution in [0.5, 0.6) is 0 Å². The lowest BCUT2D eigenvalue weighted by molar-refractivity contribution is -0.156. The Morgan fingerprint density at radius 3 is 2.43 bits per heavy atom. The molecule has 1 N–H and O–H groups in total. The fraction of sp³-hybridized carbons (Fsp3) is 0.500. The van der Waals surface area contributed by atoms with Crippen LogP contribution in [0.2, 0.25) is 5.02 Å². The molecule has 1 atom stereocenters. The maximum atomic E-state index is 12.3. The summed E-state index contributed by atoms with van der Waals surface area (Å²) < 4.78 is 32.1. The van der Waals surface area contributed by atoms with E-state index >= 15 is 0 Å². The highest BCUT2D eigenvalue weighted by molar-refractivity contribution is 7.89. The van der Waals surface area contributed by atoms with E-state index in [9.17, 15) is 13.2 Å². The van der Waals surface area contributed by atoms with Gasteiger partial charge in [-0.05, 0) is 52.3 Å². The first kappa shape index (κ1) is 17.9. The van der Waals surface area contributed by atoms with Gasteiger partial charge in [-0.25, -0.2) is 8.42 Å². The van der Waals surface area contributed by atoms with E-state index in [1.807, 2.05) is 0 Å². The largest absolute Gasteiger partial charge is 0.459 e. The normalized spacial score (nSPS) is 13.8. The Morgan fingerprint density at radius 2 is 1.90 bits per heavy atom. The van der Waals surface area contributed by atoms with E-state index in [1.165, 1.54) is 13.0 Å². The van der Waals surface area contributed by atoms with Crippen molar-refractivity contribution in [2.24, 2.45) is 0 Å². The highest BCUT2D eigenvalue weighted by atomic mass is 35.5. The Hall–Kier alpha value is -1.11. The second kappa shape index (κ2) is 6.34. The molecule has 1 aromatic rings. The summed E-state index contributed by atoms with van der Waals surface area (Å²) in [5, 5.41) is 0.350. The van der Waals surface area contributed by atoms with Gasteiger partial charge in [-0.3, -0.25) is 4.79 Å². The first-order chi connectivity index (χ1) is 9.44. The number of halogens is 1. The van der Waals surface area contributed by atoms with Crippen LogP contribution in [0.15, 0.2) is 23.1 Å². The SMILES string of the molecule is Cc1c(Cl)cccc1S(=O)(=O)N[C@H](C)C(=O)OC(C)(C)C. The molecule has 0 fully saturated rings. The highest BCUT2D eigenvalue weighted by Gasteiger charge is 2.27. The van der Waals surface area contributed by atoms with Gasteiger partial charge in [0, 0.05) is 5.02 Å². The van der Waals surface area contributed by atoms with Crippen LogP contribution in [0, 0.1) is 6.92 Å². The van der Waals surface area contributed by atoms with Crippen molar-refractivity contribution in [2.75, 3.05) is 0 Å². The Labute approximate surface area is 130 Å². The average molecular weight is 334 g/mol. The Balaban J connectivity index is 2.95. The minimum absolute atomic E-state index is 0.0467. The molecule has 0 radical (unpaired) electrons. The van der Waals surface area contributed by atoms with Crippen molar-refractivity contribution >= 4 is 27.6 Å². The maximum absolute atomic E-state index is 12.3. The molecule has 21 heavy (non-hydrogen) atoms. The van der Waals surface area contributed by atoms with Crippen molar-refractivity contribution in [3.8, 4) is 0 Å². The second-order valence-electron chi connectivity index (χ2n) is 5.74. The summed E-state index contributed by atoms with van der Waals surface area (Å²) in [6, 6.07) is 3.59. The summed E-state index contributed by atoms with van der Waals surface area (Å²) in [6.07, 6.45) is 0. The van der Waals surface area contributed by atoms with Gasteiger partial charge in [0.25, 0.3) is 0 Å². The van der Waals surface area contributed by atoms with Crippen molar-refractivity contribution in [1.29, 1.82) is 0 Å². The number of carbonyl (C=O) groups is 1. The lowest BCUT2D eigenvalue weighted by Crippen LogP contribution is -2.42. The molecule has 7 heteroatoms. The predicted octanol–water partition coefficient (Wildman–Crippen LogP) is 2.66. The van der Waals surface area contributed by atoms with Gasteiger partial charge in [-0.2, -0.15) is 4.72 Å².